The summed E-state index contributed by atoms with van der Waals surface area (Å²) in [5.74, 6) is -1.31. The predicted octanol–water partition coefficient (Wildman–Crippen LogP) is 3.45. The summed E-state index contributed by atoms with van der Waals surface area (Å²) in [6.07, 6.45) is 4.60. The first-order chi connectivity index (χ1) is 12.2. The Morgan fingerprint density at radius 1 is 1.00 bits per heavy atom. The summed E-state index contributed by atoms with van der Waals surface area (Å²) in [7, 11) is 0. The Hall–Kier alpha value is -1.34. The summed E-state index contributed by atoms with van der Waals surface area (Å²) in [4.78, 5) is 0. The molecule has 0 bridgehead atoms. The lowest BCUT2D eigenvalue weighted by Crippen LogP contribution is -2.44. The van der Waals surface area contributed by atoms with E-state index in [1.807, 2.05) is 13.0 Å². The van der Waals surface area contributed by atoms with Crippen LogP contribution < -0.4 is 0 Å². The molecule has 2 heterocycles. The number of hydrogen-bond acceptors (Lipinski definition) is 4. The van der Waals surface area contributed by atoms with Crippen LogP contribution in [0.4, 0.5) is 8.78 Å². The number of allylic oxidation sites excluding steroid dienone is 1. The van der Waals surface area contributed by atoms with Crippen molar-refractivity contribution in [3.63, 3.8) is 0 Å². The van der Waals surface area contributed by atoms with E-state index in [1.165, 1.54) is 6.07 Å². The van der Waals surface area contributed by atoms with Gasteiger partial charge in [-0.2, -0.15) is 0 Å². The summed E-state index contributed by atoms with van der Waals surface area (Å²) < 4.78 is 49.1. The number of aryl methyl sites for hydroxylation is 1. The van der Waals surface area contributed by atoms with Crippen LogP contribution >= 0.6 is 0 Å². The zero-order valence-corrected chi connectivity index (χ0v) is 14.3. The molecule has 0 radical (unpaired) electrons. The van der Waals surface area contributed by atoms with Gasteiger partial charge in [0.05, 0.1) is 32.3 Å². The van der Waals surface area contributed by atoms with Gasteiger partial charge in [-0.1, -0.05) is 18.2 Å². The molecule has 3 rings (SSSR count). The van der Waals surface area contributed by atoms with Crippen LogP contribution in [0.2, 0.25) is 0 Å². The Labute approximate surface area is 146 Å². The van der Waals surface area contributed by atoms with E-state index in [2.05, 4.69) is 6.08 Å². The SMILES string of the molecule is CC=CC1COC(C2COC(CCc3ccc(F)c(F)c3)OC2)OC1. The Bertz CT molecular complexity index is 577. The van der Waals surface area contributed by atoms with Crippen molar-refractivity contribution in [1.29, 1.82) is 0 Å². The van der Waals surface area contributed by atoms with E-state index in [1.54, 1.807) is 6.07 Å². The van der Waals surface area contributed by atoms with Gasteiger partial charge in [-0.3, -0.25) is 0 Å². The van der Waals surface area contributed by atoms with E-state index in [0.717, 1.165) is 11.6 Å². The van der Waals surface area contributed by atoms with E-state index < -0.39 is 11.6 Å². The van der Waals surface area contributed by atoms with Crippen molar-refractivity contribution in [3.8, 4) is 0 Å². The molecule has 0 N–H and O–H groups in total. The second-order valence-corrected chi connectivity index (χ2v) is 6.46. The van der Waals surface area contributed by atoms with Crippen molar-refractivity contribution in [1.82, 2.24) is 0 Å². The summed E-state index contributed by atoms with van der Waals surface area (Å²) in [6, 6.07) is 3.93. The Morgan fingerprint density at radius 3 is 2.36 bits per heavy atom. The van der Waals surface area contributed by atoms with Crippen molar-refractivity contribution < 1.29 is 27.7 Å². The monoisotopic (exact) mass is 354 g/mol. The first-order valence-corrected chi connectivity index (χ1v) is 8.69. The van der Waals surface area contributed by atoms with Gasteiger partial charge in [0, 0.05) is 12.3 Å². The molecule has 4 nitrogen and oxygen atoms in total. The Kier molecular flexibility index (Phi) is 6.53. The van der Waals surface area contributed by atoms with Gasteiger partial charge in [0.1, 0.15) is 0 Å². The molecular formula is C19H24F2O4. The van der Waals surface area contributed by atoms with E-state index in [9.17, 15) is 8.78 Å². The summed E-state index contributed by atoms with van der Waals surface area (Å²) in [5, 5.41) is 0. The van der Waals surface area contributed by atoms with Crippen molar-refractivity contribution in [2.75, 3.05) is 26.4 Å². The quantitative estimate of drug-likeness (QED) is 0.759. The standard InChI is InChI=1S/C19H24F2O4/c1-2-3-14-9-24-19(25-10-14)15-11-22-18(23-12-15)7-5-13-4-6-16(20)17(21)8-13/h2-4,6,8,14-15,18-19H,5,7,9-12H2,1H3. The fourth-order valence-corrected chi connectivity index (χ4v) is 3.05. The lowest BCUT2D eigenvalue weighted by atomic mass is 10.1. The highest BCUT2D eigenvalue weighted by molar-refractivity contribution is 5.17. The minimum atomic E-state index is -0.832. The average Bonchev–Trinajstić information content (AvgIpc) is 2.64. The molecule has 25 heavy (non-hydrogen) atoms. The minimum Gasteiger partial charge on any atom is -0.352 e. The van der Waals surface area contributed by atoms with Gasteiger partial charge in [0.15, 0.2) is 24.2 Å². The molecule has 2 aliphatic heterocycles. The molecule has 0 saturated carbocycles. The highest BCUT2D eigenvalue weighted by Crippen LogP contribution is 2.24. The Balaban J connectivity index is 1.39. The number of hydrogen-bond donors (Lipinski definition) is 0. The van der Waals surface area contributed by atoms with Crippen LogP contribution in [0.15, 0.2) is 30.4 Å². The largest absolute Gasteiger partial charge is 0.352 e. The molecule has 0 amide bonds. The molecule has 2 fully saturated rings. The fraction of sp³-hybridized carbons (Fsp3) is 0.579. The number of benzene rings is 1. The maximum atomic E-state index is 13.2. The third-order valence-corrected chi connectivity index (χ3v) is 4.44. The van der Waals surface area contributed by atoms with Crippen LogP contribution in [-0.4, -0.2) is 39.0 Å². The lowest BCUT2D eigenvalue weighted by molar-refractivity contribution is -0.278. The first kappa shape index (κ1) is 18.5. The highest BCUT2D eigenvalue weighted by atomic mass is 19.2. The molecule has 0 aliphatic carbocycles. The second-order valence-electron chi connectivity index (χ2n) is 6.46. The van der Waals surface area contributed by atoms with Crippen LogP contribution in [0, 0.1) is 23.5 Å². The molecule has 1 aromatic carbocycles. The summed E-state index contributed by atoms with van der Waals surface area (Å²) in [6.45, 7) is 4.27. The molecule has 2 saturated heterocycles. The average molecular weight is 354 g/mol. The molecule has 2 aliphatic rings. The van der Waals surface area contributed by atoms with E-state index >= 15 is 0 Å². The van der Waals surface area contributed by atoms with Crippen LogP contribution in [0.25, 0.3) is 0 Å². The lowest BCUT2D eigenvalue weighted by Gasteiger charge is -2.37. The third-order valence-electron chi connectivity index (χ3n) is 4.44. The van der Waals surface area contributed by atoms with Crippen LogP contribution in [0.5, 0.6) is 0 Å². The zero-order valence-electron chi connectivity index (χ0n) is 14.3. The van der Waals surface area contributed by atoms with Crippen LogP contribution in [0.3, 0.4) is 0 Å². The second kappa shape index (κ2) is 8.85. The number of rotatable bonds is 5. The molecule has 138 valence electrons. The van der Waals surface area contributed by atoms with Gasteiger partial charge >= 0.3 is 0 Å². The van der Waals surface area contributed by atoms with Gasteiger partial charge in [-0.15, -0.1) is 0 Å². The molecule has 1 aromatic rings. The molecule has 6 heteroatoms. The van der Waals surface area contributed by atoms with Gasteiger partial charge in [0.2, 0.25) is 0 Å². The van der Waals surface area contributed by atoms with Crippen molar-refractivity contribution in [2.24, 2.45) is 11.8 Å². The number of ether oxygens (including phenoxy) is 4. The summed E-state index contributed by atoms with van der Waals surface area (Å²) >= 11 is 0. The van der Waals surface area contributed by atoms with Crippen molar-refractivity contribution in [3.05, 3.63) is 47.5 Å². The predicted molar refractivity (Wildman–Crippen MR) is 87.9 cm³/mol. The molecule has 0 spiro atoms. The maximum Gasteiger partial charge on any atom is 0.164 e. The van der Waals surface area contributed by atoms with Gasteiger partial charge in [-0.05, 0) is 31.0 Å². The summed E-state index contributed by atoms with van der Waals surface area (Å²) in [5.41, 5.74) is 0.724. The fourth-order valence-electron chi connectivity index (χ4n) is 3.05. The van der Waals surface area contributed by atoms with Gasteiger partial charge < -0.3 is 18.9 Å². The van der Waals surface area contributed by atoms with E-state index in [0.29, 0.717) is 45.2 Å². The molecular weight excluding hydrogens is 330 g/mol. The Morgan fingerprint density at radius 2 is 1.72 bits per heavy atom. The minimum absolute atomic E-state index is 0.0473. The van der Waals surface area contributed by atoms with Crippen LogP contribution in [-0.2, 0) is 25.4 Å². The van der Waals surface area contributed by atoms with Crippen LogP contribution in [0.1, 0.15) is 18.9 Å². The molecule has 0 atom stereocenters. The highest BCUT2D eigenvalue weighted by Gasteiger charge is 2.33. The third kappa shape index (κ3) is 5.07. The van der Waals surface area contributed by atoms with Gasteiger partial charge in [0.25, 0.3) is 0 Å². The first-order valence-electron chi connectivity index (χ1n) is 8.69. The number of halogens is 2. The zero-order chi connectivity index (χ0) is 17.6. The smallest absolute Gasteiger partial charge is 0.164 e. The normalized spacial score (nSPS) is 30.7. The van der Waals surface area contributed by atoms with Gasteiger partial charge in [-0.25, -0.2) is 8.78 Å². The van der Waals surface area contributed by atoms with E-state index in [4.69, 9.17) is 18.9 Å². The molecule has 0 unspecified atom stereocenters. The maximum absolute atomic E-state index is 13.2. The van der Waals surface area contributed by atoms with E-state index in [-0.39, 0.29) is 18.5 Å². The topological polar surface area (TPSA) is 36.9 Å². The molecule has 0 aromatic heterocycles. The van der Waals surface area contributed by atoms with Crippen molar-refractivity contribution >= 4 is 0 Å². The van der Waals surface area contributed by atoms with Crippen molar-refractivity contribution in [2.45, 2.75) is 32.3 Å².